The van der Waals surface area contributed by atoms with Crippen LogP contribution in [-0.4, -0.2) is 31.9 Å². The summed E-state index contributed by atoms with van der Waals surface area (Å²) in [4.78, 5) is 40.8. The first kappa shape index (κ1) is 18.5. The molecule has 27 heavy (non-hydrogen) atoms. The van der Waals surface area contributed by atoms with E-state index >= 15 is 0 Å². The lowest BCUT2D eigenvalue weighted by molar-refractivity contribution is -0.385. The molecule has 0 spiro atoms. The minimum atomic E-state index is -1.41. The maximum absolute atomic E-state index is 12.9. The Balaban J connectivity index is 1.81. The van der Waals surface area contributed by atoms with Crippen molar-refractivity contribution in [2.45, 2.75) is 45.2 Å². The number of nitro benzene ring substituents is 1. The summed E-state index contributed by atoms with van der Waals surface area (Å²) in [6, 6.07) is 5.00. The van der Waals surface area contributed by atoms with Crippen molar-refractivity contribution < 1.29 is 19.0 Å². The van der Waals surface area contributed by atoms with Gasteiger partial charge in [0.1, 0.15) is 12.1 Å². The van der Waals surface area contributed by atoms with Crippen LogP contribution in [0.15, 0.2) is 28.8 Å². The standard InChI is InChI=1S/C17H19N5O5/c1-3-4-8-13-18-14(27-20-13)10-21-15(23)17(2,19-16(21)24)11-6-5-7-12(9-11)22(25)26/h5-7,9H,3-4,8,10H2,1-2H3,(H,19,24). The number of amides is 3. The van der Waals surface area contributed by atoms with Crippen molar-refractivity contribution in [1.82, 2.24) is 20.4 Å². The van der Waals surface area contributed by atoms with E-state index < -0.39 is 22.4 Å². The quantitative estimate of drug-likeness (QED) is 0.447. The lowest BCUT2D eigenvalue weighted by Gasteiger charge is -2.21. The number of urea groups is 1. The largest absolute Gasteiger partial charge is 0.337 e. The van der Waals surface area contributed by atoms with Crippen LogP contribution in [0.1, 0.15) is 44.0 Å². The molecule has 1 unspecified atom stereocenters. The Morgan fingerprint density at radius 3 is 2.85 bits per heavy atom. The zero-order chi connectivity index (χ0) is 19.6. The summed E-state index contributed by atoms with van der Waals surface area (Å²) < 4.78 is 5.12. The van der Waals surface area contributed by atoms with Crippen molar-refractivity contribution in [3.05, 3.63) is 51.7 Å². The van der Waals surface area contributed by atoms with Crippen molar-refractivity contribution in [2.24, 2.45) is 0 Å². The van der Waals surface area contributed by atoms with Crippen LogP contribution in [-0.2, 0) is 23.3 Å². The predicted octanol–water partition coefficient (Wildman–Crippen LogP) is 2.29. The molecule has 3 amide bonds. The summed E-state index contributed by atoms with van der Waals surface area (Å²) >= 11 is 0. The van der Waals surface area contributed by atoms with Crippen LogP contribution in [0.25, 0.3) is 0 Å². The van der Waals surface area contributed by atoms with E-state index in [1.807, 2.05) is 6.92 Å². The molecule has 1 fully saturated rings. The van der Waals surface area contributed by atoms with Gasteiger partial charge in [-0.3, -0.25) is 19.8 Å². The number of imide groups is 1. The topological polar surface area (TPSA) is 131 Å². The molecule has 1 aliphatic heterocycles. The Labute approximate surface area is 154 Å². The zero-order valence-corrected chi connectivity index (χ0v) is 15.0. The van der Waals surface area contributed by atoms with Crippen LogP contribution in [0, 0.1) is 10.1 Å². The highest BCUT2D eigenvalue weighted by atomic mass is 16.6. The molecule has 1 aromatic heterocycles. The van der Waals surface area contributed by atoms with E-state index in [9.17, 15) is 19.7 Å². The molecule has 2 heterocycles. The minimum Gasteiger partial charge on any atom is -0.337 e. The molecular formula is C17H19N5O5. The molecule has 0 radical (unpaired) electrons. The summed E-state index contributed by atoms with van der Waals surface area (Å²) in [5.41, 5.74) is -1.24. The molecule has 1 saturated heterocycles. The third kappa shape index (κ3) is 3.50. The molecule has 1 N–H and O–H groups in total. The highest BCUT2D eigenvalue weighted by molar-refractivity contribution is 6.07. The predicted molar refractivity (Wildman–Crippen MR) is 92.4 cm³/mol. The van der Waals surface area contributed by atoms with Gasteiger partial charge in [0.25, 0.3) is 11.6 Å². The lowest BCUT2D eigenvalue weighted by Crippen LogP contribution is -2.40. The summed E-state index contributed by atoms with van der Waals surface area (Å²) in [6.07, 6.45) is 2.55. The molecular weight excluding hydrogens is 354 g/mol. The number of unbranched alkanes of at least 4 members (excludes halogenated alkanes) is 1. The smallest absolute Gasteiger partial charge is 0.325 e. The molecule has 142 valence electrons. The number of nitrogens with one attached hydrogen (secondary N) is 1. The maximum atomic E-state index is 12.9. The summed E-state index contributed by atoms with van der Waals surface area (Å²) in [6.45, 7) is 3.39. The molecule has 0 aliphatic carbocycles. The Morgan fingerprint density at radius 2 is 2.15 bits per heavy atom. The zero-order valence-electron chi connectivity index (χ0n) is 15.0. The fraction of sp³-hybridized carbons (Fsp3) is 0.412. The highest BCUT2D eigenvalue weighted by Gasteiger charge is 2.49. The Hall–Kier alpha value is -3.30. The minimum absolute atomic E-state index is 0.158. The maximum Gasteiger partial charge on any atom is 0.325 e. The molecule has 0 saturated carbocycles. The molecule has 3 rings (SSSR count). The van der Waals surface area contributed by atoms with Gasteiger partial charge in [0, 0.05) is 18.6 Å². The number of aryl methyl sites for hydroxylation is 1. The van der Waals surface area contributed by atoms with E-state index in [0.717, 1.165) is 17.7 Å². The second kappa shape index (κ2) is 7.14. The van der Waals surface area contributed by atoms with Gasteiger partial charge in [-0.25, -0.2) is 4.79 Å². The van der Waals surface area contributed by atoms with Gasteiger partial charge >= 0.3 is 6.03 Å². The average Bonchev–Trinajstić information content (AvgIpc) is 3.19. The lowest BCUT2D eigenvalue weighted by atomic mass is 9.91. The molecule has 1 aliphatic rings. The second-order valence-corrected chi connectivity index (χ2v) is 6.46. The fourth-order valence-corrected chi connectivity index (χ4v) is 2.89. The number of benzene rings is 1. The van der Waals surface area contributed by atoms with Crippen LogP contribution < -0.4 is 5.32 Å². The fourth-order valence-electron chi connectivity index (χ4n) is 2.89. The number of nitrogens with zero attached hydrogens (tertiary/aromatic N) is 4. The van der Waals surface area contributed by atoms with Crippen LogP contribution in [0.3, 0.4) is 0 Å². The van der Waals surface area contributed by atoms with Gasteiger partial charge in [0.2, 0.25) is 5.89 Å². The molecule has 0 bridgehead atoms. The van der Waals surface area contributed by atoms with E-state index in [4.69, 9.17) is 4.52 Å². The van der Waals surface area contributed by atoms with E-state index in [0.29, 0.717) is 17.8 Å². The summed E-state index contributed by atoms with van der Waals surface area (Å²) in [7, 11) is 0. The summed E-state index contributed by atoms with van der Waals surface area (Å²) in [5, 5.41) is 17.4. The number of hydrogen-bond acceptors (Lipinski definition) is 7. The number of nitro groups is 1. The van der Waals surface area contributed by atoms with Crippen LogP contribution in [0.5, 0.6) is 0 Å². The SMILES string of the molecule is CCCCc1noc(CN2C(=O)NC(C)(c3cccc([N+](=O)[O-])c3)C2=O)n1. The van der Waals surface area contributed by atoms with Crippen molar-refractivity contribution in [1.29, 1.82) is 0 Å². The molecule has 10 heteroatoms. The van der Waals surface area contributed by atoms with Gasteiger partial charge in [-0.1, -0.05) is 30.6 Å². The first-order chi connectivity index (χ1) is 12.8. The van der Waals surface area contributed by atoms with Gasteiger partial charge < -0.3 is 9.84 Å². The van der Waals surface area contributed by atoms with Crippen molar-refractivity contribution >= 4 is 17.6 Å². The average molecular weight is 373 g/mol. The number of carbonyl (C=O) groups excluding carboxylic acids is 2. The van der Waals surface area contributed by atoms with Crippen molar-refractivity contribution in [3.8, 4) is 0 Å². The van der Waals surface area contributed by atoms with Crippen LogP contribution in [0.2, 0.25) is 0 Å². The first-order valence-corrected chi connectivity index (χ1v) is 8.55. The van der Waals surface area contributed by atoms with E-state index in [1.54, 1.807) is 6.07 Å². The Kier molecular flexibility index (Phi) is 4.89. The van der Waals surface area contributed by atoms with E-state index in [-0.39, 0.29) is 18.1 Å². The van der Waals surface area contributed by atoms with Gasteiger partial charge in [-0.15, -0.1) is 0 Å². The van der Waals surface area contributed by atoms with Gasteiger partial charge in [0.05, 0.1) is 4.92 Å². The highest BCUT2D eigenvalue weighted by Crippen LogP contribution is 2.31. The Bertz CT molecular complexity index is 895. The van der Waals surface area contributed by atoms with Gasteiger partial charge in [0.15, 0.2) is 5.82 Å². The Morgan fingerprint density at radius 1 is 1.37 bits per heavy atom. The molecule has 1 aromatic carbocycles. The van der Waals surface area contributed by atoms with E-state index in [1.165, 1.54) is 25.1 Å². The second-order valence-electron chi connectivity index (χ2n) is 6.46. The number of carbonyl (C=O) groups is 2. The number of rotatable bonds is 7. The van der Waals surface area contributed by atoms with Crippen molar-refractivity contribution in [3.63, 3.8) is 0 Å². The third-order valence-electron chi connectivity index (χ3n) is 4.47. The molecule has 1 atom stereocenters. The monoisotopic (exact) mass is 373 g/mol. The first-order valence-electron chi connectivity index (χ1n) is 8.55. The van der Waals surface area contributed by atoms with Crippen LogP contribution >= 0.6 is 0 Å². The number of non-ortho nitro benzene ring substituents is 1. The van der Waals surface area contributed by atoms with Gasteiger partial charge in [-0.05, 0) is 18.9 Å². The third-order valence-corrected chi connectivity index (χ3v) is 4.47. The molecule has 2 aromatic rings. The molecule has 10 nitrogen and oxygen atoms in total. The number of hydrogen-bond donors (Lipinski definition) is 1. The van der Waals surface area contributed by atoms with Gasteiger partial charge in [-0.2, -0.15) is 4.98 Å². The van der Waals surface area contributed by atoms with Crippen molar-refractivity contribution in [2.75, 3.05) is 0 Å². The summed E-state index contributed by atoms with van der Waals surface area (Å²) in [5.74, 6) is 0.148. The normalized spacial score (nSPS) is 19.4. The van der Waals surface area contributed by atoms with Crippen LogP contribution in [0.4, 0.5) is 10.5 Å². The van der Waals surface area contributed by atoms with E-state index in [2.05, 4.69) is 15.5 Å². The number of aromatic nitrogens is 2.